The zero-order valence-corrected chi connectivity index (χ0v) is 21.0. The van der Waals surface area contributed by atoms with E-state index in [1.807, 2.05) is 59.6 Å². The molecule has 1 saturated carbocycles. The molecule has 8 nitrogen and oxygen atoms in total. The van der Waals surface area contributed by atoms with Gasteiger partial charge in [0.2, 0.25) is 0 Å². The van der Waals surface area contributed by atoms with Crippen LogP contribution in [-0.4, -0.2) is 43.8 Å². The van der Waals surface area contributed by atoms with Gasteiger partial charge >= 0.3 is 10.2 Å². The predicted octanol–water partition coefficient (Wildman–Crippen LogP) is 3.14. The first-order chi connectivity index (χ1) is 17.9. The van der Waals surface area contributed by atoms with Gasteiger partial charge in [0.05, 0.1) is 0 Å². The highest BCUT2D eigenvalue weighted by atomic mass is 32.2. The number of anilines is 1. The molecule has 3 aromatic rings. The van der Waals surface area contributed by atoms with E-state index in [4.69, 9.17) is 4.74 Å². The first kappa shape index (κ1) is 23.9. The molecule has 1 aromatic heterocycles. The molecule has 0 bridgehead atoms. The van der Waals surface area contributed by atoms with Crippen LogP contribution in [-0.2, 0) is 34.6 Å². The molecule has 0 unspecified atom stereocenters. The van der Waals surface area contributed by atoms with Crippen LogP contribution in [0.1, 0.15) is 34.6 Å². The summed E-state index contributed by atoms with van der Waals surface area (Å²) in [7, 11) is -4.21. The largest absolute Gasteiger partial charge is 0.487 e. The molecular formula is C27H27FN4O4S. The van der Waals surface area contributed by atoms with E-state index in [-0.39, 0.29) is 18.0 Å². The van der Waals surface area contributed by atoms with Crippen LogP contribution in [0.15, 0.2) is 60.9 Å². The fraction of sp³-hybridized carbons (Fsp3) is 0.333. The van der Waals surface area contributed by atoms with E-state index in [2.05, 4.69) is 9.88 Å². The minimum atomic E-state index is -4.21. The van der Waals surface area contributed by atoms with Crippen LogP contribution in [0, 0.1) is 11.7 Å². The lowest BCUT2D eigenvalue weighted by atomic mass is 9.97. The standard InChI is InChI=1S/C27H27FN4O4S/c28-26-23-15-31(14-21-12-22(21)19-6-9-29-10-7-19)11-8-20(23)13-24(36-17-18-4-2-1-3-5-18)27(26)32-16-25(33)30-37(32,34)35/h1-7,9-10,13,21-22H,8,11-12,14-17H2,(H,30,33)/t21-,22-/m0/s1. The van der Waals surface area contributed by atoms with Crippen LogP contribution in [0.4, 0.5) is 10.1 Å². The Kier molecular flexibility index (Phi) is 6.08. The Hall–Kier alpha value is -3.50. The summed E-state index contributed by atoms with van der Waals surface area (Å²) in [5.41, 5.74) is 3.20. The van der Waals surface area contributed by atoms with Gasteiger partial charge in [-0.2, -0.15) is 8.42 Å². The van der Waals surface area contributed by atoms with Crippen molar-refractivity contribution in [3.63, 3.8) is 0 Å². The van der Waals surface area contributed by atoms with Crippen LogP contribution in [0.5, 0.6) is 5.75 Å². The Morgan fingerprint density at radius 1 is 1.11 bits per heavy atom. The number of nitrogens with zero attached hydrogens (tertiary/aromatic N) is 3. The van der Waals surface area contributed by atoms with Crippen molar-refractivity contribution in [2.45, 2.75) is 31.9 Å². The van der Waals surface area contributed by atoms with Gasteiger partial charge < -0.3 is 4.74 Å². The fourth-order valence-electron chi connectivity index (χ4n) is 5.36. The second-order valence-corrected chi connectivity index (χ2v) is 11.4. The molecule has 37 heavy (non-hydrogen) atoms. The number of pyridine rings is 1. The lowest BCUT2D eigenvalue weighted by Crippen LogP contribution is -2.35. The van der Waals surface area contributed by atoms with E-state index in [9.17, 15) is 13.2 Å². The average molecular weight is 523 g/mol. The van der Waals surface area contributed by atoms with Gasteiger partial charge in [0, 0.05) is 37.6 Å². The quantitative estimate of drug-likeness (QED) is 0.513. The zero-order valence-electron chi connectivity index (χ0n) is 20.1. The van der Waals surface area contributed by atoms with Gasteiger partial charge in [-0.3, -0.25) is 14.7 Å². The average Bonchev–Trinajstić information content (AvgIpc) is 3.60. The number of amides is 1. The minimum Gasteiger partial charge on any atom is -0.487 e. The van der Waals surface area contributed by atoms with Crippen molar-refractivity contribution in [3.8, 4) is 5.75 Å². The van der Waals surface area contributed by atoms with E-state index in [1.165, 1.54) is 5.56 Å². The molecule has 1 saturated heterocycles. The lowest BCUT2D eigenvalue weighted by Gasteiger charge is -2.31. The topological polar surface area (TPSA) is 91.8 Å². The van der Waals surface area contributed by atoms with Gasteiger partial charge in [0.15, 0.2) is 5.82 Å². The zero-order chi connectivity index (χ0) is 25.6. The molecule has 6 rings (SSSR count). The number of nitrogens with one attached hydrogen (secondary N) is 1. The Balaban J connectivity index is 1.28. The number of carbonyl (C=O) groups is 1. The van der Waals surface area contributed by atoms with Crippen molar-refractivity contribution < 1.29 is 22.3 Å². The first-order valence-electron chi connectivity index (χ1n) is 12.4. The Morgan fingerprint density at radius 3 is 2.62 bits per heavy atom. The molecule has 3 heterocycles. The van der Waals surface area contributed by atoms with E-state index < -0.39 is 28.5 Å². The Labute approximate surface area is 215 Å². The van der Waals surface area contributed by atoms with Gasteiger partial charge in [0.1, 0.15) is 24.6 Å². The van der Waals surface area contributed by atoms with Crippen molar-refractivity contribution in [1.82, 2.24) is 14.6 Å². The third-order valence-electron chi connectivity index (χ3n) is 7.33. The maximum absolute atomic E-state index is 16.2. The number of benzene rings is 2. The third-order valence-corrected chi connectivity index (χ3v) is 8.71. The summed E-state index contributed by atoms with van der Waals surface area (Å²) in [5, 5.41) is 0. The van der Waals surface area contributed by atoms with Crippen LogP contribution in [0.3, 0.4) is 0 Å². The smallest absolute Gasteiger partial charge is 0.326 e. The summed E-state index contributed by atoms with van der Waals surface area (Å²) in [6, 6.07) is 15.2. The van der Waals surface area contributed by atoms with Gasteiger partial charge in [-0.05, 0) is 59.6 Å². The normalized spacial score (nSPS) is 22.4. The molecule has 2 aromatic carbocycles. The van der Waals surface area contributed by atoms with E-state index in [0.29, 0.717) is 30.4 Å². The highest BCUT2D eigenvalue weighted by Gasteiger charge is 2.41. The van der Waals surface area contributed by atoms with Gasteiger partial charge in [0.25, 0.3) is 5.91 Å². The maximum atomic E-state index is 16.2. The van der Waals surface area contributed by atoms with Gasteiger partial charge in [-0.25, -0.2) is 13.4 Å². The van der Waals surface area contributed by atoms with Gasteiger partial charge in [-0.15, -0.1) is 0 Å². The summed E-state index contributed by atoms with van der Waals surface area (Å²) in [4.78, 5) is 18.3. The fourth-order valence-corrected chi connectivity index (χ4v) is 6.52. The molecule has 2 aliphatic heterocycles. The number of hydrogen-bond acceptors (Lipinski definition) is 6. The summed E-state index contributed by atoms with van der Waals surface area (Å²) < 4.78 is 50.2. The SMILES string of the molecule is O=C1CN(c2c(OCc3ccccc3)cc3c(c2F)CN(C[C@@H]2C[C@H]2c2ccncc2)CC3)S(=O)(=O)N1. The molecule has 2 atom stereocenters. The Bertz CT molecular complexity index is 1440. The van der Waals surface area contributed by atoms with Crippen LogP contribution < -0.4 is 13.8 Å². The second kappa shape index (κ2) is 9.42. The molecule has 0 spiro atoms. The predicted molar refractivity (Wildman–Crippen MR) is 136 cm³/mol. The van der Waals surface area contributed by atoms with E-state index in [0.717, 1.165) is 34.9 Å². The van der Waals surface area contributed by atoms with Crippen molar-refractivity contribution in [2.75, 3.05) is 23.9 Å². The first-order valence-corrected chi connectivity index (χ1v) is 13.8. The second-order valence-electron chi connectivity index (χ2n) is 9.85. The maximum Gasteiger partial charge on any atom is 0.326 e. The summed E-state index contributed by atoms with van der Waals surface area (Å²) in [6.45, 7) is 1.66. The molecule has 2 fully saturated rings. The molecule has 192 valence electrons. The summed E-state index contributed by atoms with van der Waals surface area (Å²) in [5.74, 6) is -0.241. The molecule has 1 aliphatic carbocycles. The Morgan fingerprint density at radius 2 is 1.89 bits per heavy atom. The summed E-state index contributed by atoms with van der Waals surface area (Å²) >= 11 is 0. The number of halogens is 1. The monoisotopic (exact) mass is 522 g/mol. The minimum absolute atomic E-state index is 0.119. The van der Waals surface area contributed by atoms with Crippen LogP contribution in [0.25, 0.3) is 0 Å². The number of hydrogen-bond donors (Lipinski definition) is 1. The van der Waals surface area contributed by atoms with Crippen molar-refractivity contribution >= 4 is 21.8 Å². The van der Waals surface area contributed by atoms with Gasteiger partial charge in [-0.1, -0.05) is 30.3 Å². The molecule has 3 aliphatic rings. The third kappa shape index (κ3) is 4.78. The number of rotatable bonds is 7. The molecule has 0 radical (unpaired) electrons. The molecule has 10 heteroatoms. The number of fused-ring (bicyclic) bond motifs is 1. The highest BCUT2D eigenvalue weighted by molar-refractivity contribution is 7.92. The van der Waals surface area contributed by atoms with E-state index >= 15 is 4.39 Å². The molecule has 1 amide bonds. The number of ether oxygens (including phenoxy) is 1. The van der Waals surface area contributed by atoms with Crippen molar-refractivity contribution in [2.24, 2.45) is 5.92 Å². The number of carbonyl (C=O) groups excluding carboxylic acids is 1. The number of aromatic nitrogens is 1. The van der Waals surface area contributed by atoms with Crippen molar-refractivity contribution in [3.05, 3.63) is 89.0 Å². The lowest BCUT2D eigenvalue weighted by molar-refractivity contribution is -0.117. The van der Waals surface area contributed by atoms with Crippen molar-refractivity contribution in [1.29, 1.82) is 0 Å². The molecule has 1 N–H and O–H groups in total. The molecular weight excluding hydrogens is 495 g/mol. The summed E-state index contributed by atoms with van der Waals surface area (Å²) in [6.07, 6.45) is 5.34. The van der Waals surface area contributed by atoms with Crippen LogP contribution >= 0.6 is 0 Å². The van der Waals surface area contributed by atoms with E-state index in [1.54, 1.807) is 6.07 Å². The highest BCUT2D eigenvalue weighted by Crippen LogP contribution is 2.48. The van der Waals surface area contributed by atoms with Crippen LogP contribution in [0.2, 0.25) is 0 Å².